The number of halogens is 1. The van der Waals surface area contributed by atoms with Crippen molar-refractivity contribution < 1.29 is 9.59 Å². The lowest BCUT2D eigenvalue weighted by molar-refractivity contribution is -0.120. The van der Waals surface area contributed by atoms with Crippen molar-refractivity contribution in [1.82, 2.24) is 20.6 Å². The maximum atomic E-state index is 12.3. The normalized spacial score (nSPS) is 12.5. The first-order valence-corrected chi connectivity index (χ1v) is 11.3. The molecule has 1 aromatic rings. The zero-order valence-corrected chi connectivity index (χ0v) is 20.8. The number of nitrogens with one attached hydrogen (secondary N) is 2. The fourth-order valence-electron chi connectivity index (χ4n) is 3.81. The van der Waals surface area contributed by atoms with Crippen molar-refractivity contribution >= 4 is 41.0 Å². The Labute approximate surface area is 200 Å². The maximum Gasteiger partial charge on any atom is 0.280 e. The highest BCUT2D eigenvalue weighted by atomic mass is 35.5. The van der Waals surface area contributed by atoms with Crippen molar-refractivity contribution in [3.8, 4) is 0 Å². The molecule has 10 N–H and O–H groups in total. The van der Waals surface area contributed by atoms with E-state index >= 15 is 0 Å². The van der Waals surface area contributed by atoms with Crippen molar-refractivity contribution in [2.45, 2.75) is 59.8 Å². The van der Waals surface area contributed by atoms with Crippen LogP contribution in [0.15, 0.2) is 4.99 Å². The summed E-state index contributed by atoms with van der Waals surface area (Å²) in [5.74, 6) is -0.923. The summed E-state index contributed by atoms with van der Waals surface area (Å²) in [7, 11) is 0. The van der Waals surface area contributed by atoms with Gasteiger partial charge in [-0.05, 0) is 36.5 Å². The quantitative estimate of drug-likeness (QED) is 0.145. The van der Waals surface area contributed by atoms with Crippen molar-refractivity contribution in [3.63, 3.8) is 0 Å². The van der Waals surface area contributed by atoms with Gasteiger partial charge < -0.3 is 28.3 Å². The number of anilines is 2. The molecule has 0 aliphatic carbocycles. The number of rotatable bonds is 12. The number of guanidine groups is 1. The lowest BCUT2D eigenvalue weighted by Crippen LogP contribution is -2.38. The van der Waals surface area contributed by atoms with Gasteiger partial charge in [-0.15, -0.1) is 0 Å². The van der Waals surface area contributed by atoms with Crippen LogP contribution in [0, 0.1) is 10.8 Å². The largest absolute Gasteiger partial charge is 0.382 e. The summed E-state index contributed by atoms with van der Waals surface area (Å²) < 4.78 is 0. The predicted octanol–water partition coefficient (Wildman–Crippen LogP) is 1.42. The van der Waals surface area contributed by atoms with Crippen LogP contribution in [0.2, 0.25) is 5.15 Å². The summed E-state index contributed by atoms with van der Waals surface area (Å²) in [5.41, 5.74) is 22.3. The molecule has 1 aromatic heterocycles. The van der Waals surface area contributed by atoms with Crippen molar-refractivity contribution in [3.05, 3.63) is 10.8 Å². The Morgan fingerprint density at radius 2 is 1.70 bits per heavy atom. The molecule has 12 heteroatoms. The molecule has 2 amide bonds. The lowest BCUT2D eigenvalue weighted by Gasteiger charge is -2.35. The summed E-state index contributed by atoms with van der Waals surface area (Å²) in [6, 6.07) is 0. The fraction of sp³-hybridized carbons (Fsp3) is 0.667. The van der Waals surface area contributed by atoms with E-state index in [2.05, 4.69) is 53.3 Å². The zero-order chi connectivity index (χ0) is 25.2. The average molecular weight is 484 g/mol. The maximum absolute atomic E-state index is 12.3. The Morgan fingerprint density at radius 1 is 1.06 bits per heavy atom. The minimum atomic E-state index is -0.663. The van der Waals surface area contributed by atoms with Gasteiger partial charge in [0.2, 0.25) is 5.91 Å². The highest BCUT2D eigenvalue weighted by Gasteiger charge is 2.28. The van der Waals surface area contributed by atoms with Crippen LogP contribution in [0.5, 0.6) is 0 Å². The van der Waals surface area contributed by atoms with Crippen LogP contribution in [0.1, 0.15) is 70.3 Å². The van der Waals surface area contributed by atoms with Crippen LogP contribution >= 0.6 is 11.6 Å². The number of hydrogen-bond acceptors (Lipinski definition) is 8. The van der Waals surface area contributed by atoms with Crippen LogP contribution in [0.3, 0.4) is 0 Å². The number of aliphatic imine (C=N–C) groups is 1. The number of carbonyl (C=O) groups excluding carboxylic acids is 2. The van der Waals surface area contributed by atoms with Gasteiger partial charge in [-0.2, -0.15) is 0 Å². The van der Waals surface area contributed by atoms with Crippen molar-refractivity contribution in [2.24, 2.45) is 27.3 Å². The molecule has 0 atom stereocenters. The van der Waals surface area contributed by atoms with Crippen LogP contribution in [-0.2, 0) is 4.79 Å². The lowest BCUT2D eigenvalue weighted by atomic mass is 9.71. The van der Waals surface area contributed by atoms with E-state index in [-0.39, 0.29) is 45.2 Å². The van der Waals surface area contributed by atoms with Gasteiger partial charge in [-0.1, -0.05) is 39.3 Å². The van der Waals surface area contributed by atoms with Crippen molar-refractivity contribution in [2.75, 3.05) is 31.1 Å². The van der Waals surface area contributed by atoms with Gasteiger partial charge >= 0.3 is 0 Å². The van der Waals surface area contributed by atoms with Crippen LogP contribution in [0.25, 0.3) is 0 Å². The third-order valence-electron chi connectivity index (χ3n) is 5.11. The number of nitrogens with zero attached hydrogens (tertiary/aromatic N) is 3. The molecule has 0 saturated carbocycles. The van der Waals surface area contributed by atoms with E-state index < -0.39 is 5.91 Å². The zero-order valence-electron chi connectivity index (χ0n) is 20.0. The second-order valence-electron chi connectivity index (χ2n) is 9.60. The second kappa shape index (κ2) is 12.5. The molecule has 33 heavy (non-hydrogen) atoms. The average Bonchev–Trinajstić information content (AvgIpc) is 2.67. The molecule has 0 radical (unpaired) electrons. The Bertz CT molecular complexity index is 856. The highest BCUT2D eigenvalue weighted by Crippen LogP contribution is 2.38. The third kappa shape index (κ3) is 10.7. The molecular weight excluding hydrogens is 446 g/mol. The van der Waals surface area contributed by atoms with E-state index in [1.165, 1.54) is 0 Å². The van der Waals surface area contributed by atoms with E-state index in [0.29, 0.717) is 26.1 Å². The minimum absolute atomic E-state index is 0.00988. The monoisotopic (exact) mass is 483 g/mol. The molecular formula is C21H38ClN9O2. The van der Waals surface area contributed by atoms with Crippen LogP contribution in [0.4, 0.5) is 11.6 Å². The van der Waals surface area contributed by atoms with E-state index in [0.717, 1.165) is 25.7 Å². The number of amides is 2. The van der Waals surface area contributed by atoms with E-state index in [4.69, 9.17) is 34.5 Å². The van der Waals surface area contributed by atoms with Gasteiger partial charge in [0.25, 0.3) is 5.91 Å². The molecule has 1 rings (SSSR count). The Morgan fingerprint density at radius 3 is 2.33 bits per heavy atom. The molecule has 11 nitrogen and oxygen atoms in total. The van der Waals surface area contributed by atoms with Crippen molar-refractivity contribution in [1.29, 1.82) is 0 Å². The topological polar surface area (TPSA) is 200 Å². The number of carbonyl (C=O) groups is 2. The molecule has 0 saturated heterocycles. The molecule has 0 aliphatic rings. The summed E-state index contributed by atoms with van der Waals surface area (Å²) in [6.07, 6.45) is 3.93. The molecule has 0 spiro atoms. The standard InChI is InChI=1S/C21H38ClN9O2/c1-20(2,12-21(3,4)8-11-27-13(32)6-9-23)7-5-10-28-19(26)31-18(33)14-16(24)30-17(25)15(22)29-14/h5-12,23H2,1-4H3,(H,27,32)(H4,24,25,30)(H3,26,28,31,33). The molecule has 186 valence electrons. The molecule has 1 heterocycles. The smallest absolute Gasteiger partial charge is 0.280 e. The van der Waals surface area contributed by atoms with Gasteiger partial charge in [-0.3, -0.25) is 19.9 Å². The number of nitrogens with two attached hydrogens (primary N) is 4. The van der Waals surface area contributed by atoms with Gasteiger partial charge in [0, 0.05) is 26.1 Å². The molecule has 0 aliphatic heterocycles. The molecule has 0 aromatic carbocycles. The SMILES string of the molecule is CC(C)(CCCN=C(N)NC(=O)c1nc(Cl)c(N)nc1N)CC(C)(C)CCNC(=O)CCN. The number of hydrogen-bond donors (Lipinski definition) is 6. The molecule has 0 bridgehead atoms. The first-order chi connectivity index (χ1) is 15.3. The van der Waals surface area contributed by atoms with E-state index in [1.807, 2.05) is 0 Å². The molecule has 0 fully saturated rings. The van der Waals surface area contributed by atoms with Crippen LogP contribution < -0.4 is 33.6 Å². The molecule has 0 unspecified atom stereocenters. The third-order valence-corrected chi connectivity index (χ3v) is 5.39. The summed E-state index contributed by atoms with van der Waals surface area (Å²) in [5, 5.41) is 5.22. The van der Waals surface area contributed by atoms with E-state index in [9.17, 15) is 9.59 Å². The summed E-state index contributed by atoms with van der Waals surface area (Å²) >= 11 is 5.79. The fourth-order valence-corrected chi connectivity index (χ4v) is 3.94. The second-order valence-corrected chi connectivity index (χ2v) is 9.96. The van der Waals surface area contributed by atoms with Gasteiger partial charge in [-0.25, -0.2) is 9.97 Å². The van der Waals surface area contributed by atoms with Gasteiger partial charge in [0.15, 0.2) is 28.4 Å². The highest BCUT2D eigenvalue weighted by molar-refractivity contribution is 6.31. The first-order valence-electron chi connectivity index (χ1n) is 10.9. The van der Waals surface area contributed by atoms with Crippen LogP contribution in [-0.4, -0.2) is 47.4 Å². The number of aromatic nitrogens is 2. The minimum Gasteiger partial charge on any atom is -0.382 e. The summed E-state index contributed by atoms with van der Waals surface area (Å²) in [6.45, 7) is 10.3. The van der Waals surface area contributed by atoms with Gasteiger partial charge in [0.1, 0.15) is 0 Å². The number of nitrogen functional groups attached to an aromatic ring is 2. The van der Waals surface area contributed by atoms with Gasteiger partial charge in [0.05, 0.1) is 0 Å². The Balaban J connectivity index is 2.48. The summed E-state index contributed by atoms with van der Waals surface area (Å²) in [4.78, 5) is 35.6. The predicted molar refractivity (Wildman–Crippen MR) is 133 cm³/mol. The van der Waals surface area contributed by atoms with E-state index in [1.54, 1.807) is 0 Å². The Hall–Kier alpha value is -2.66. The Kier molecular flexibility index (Phi) is 10.8. The first kappa shape index (κ1) is 28.4.